The number of rotatable bonds is 6. The highest BCUT2D eigenvalue weighted by atomic mass is 127. The zero-order valence-corrected chi connectivity index (χ0v) is 14.0. The van der Waals surface area contributed by atoms with Crippen LogP contribution in [0.1, 0.15) is 19.4 Å². The first-order chi connectivity index (χ1) is 10.1. The molecule has 2 rings (SSSR count). The van der Waals surface area contributed by atoms with Gasteiger partial charge in [0.05, 0.1) is 23.0 Å². The molecular formula is C12H15IN6O2. The maximum atomic E-state index is 5.76. The number of aromatic nitrogens is 4. The molecule has 0 saturated carbocycles. The van der Waals surface area contributed by atoms with E-state index in [0.717, 1.165) is 14.9 Å². The van der Waals surface area contributed by atoms with E-state index in [1.54, 1.807) is 13.3 Å². The van der Waals surface area contributed by atoms with E-state index < -0.39 is 0 Å². The summed E-state index contributed by atoms with van der Waals surface area (Å²) in [6.45, 7) is 3.94. The Morgan fingerprint density at radius 3 is 2.86 bits per heavy atom. The summed E-state index contributed by atoms with van der Waals surface area (Å²) in [5.41, 5.74) is 3.52. The van der Waals surface area contributed by atoms with Crippen molar-refractivity contribution in [3.63, 3.8) is 0 Å². The van der Waals surface area contributed by atoms with Crippen molar-refractivity contribution in [3.05, 3.63) is 21.3 Å². The van der Waals surface area contributed by atoms with Crippen LogP contribution >= 0.6 is 22.6 Å². The van der Waals surface area contributed by atoms with E-state index in [1.165, 1.54) is 0 Å². The van der Waals surface area contributed by atoms with Crippen LogP contribution in [0.15, 0.2) is 17.2 Å². The van der Waals surface area contributed by atoms with E-state index in [2.05, 4.69) is 53.7 Å². The maximum Gasteiger partial charge on any atom is 0.283 e. The number of tetrazole rings is 1. The highest BCUT2D eigenvalue weighted by molar-refractivity contribution is 14.1. The Labute approximate surface area is 135 Å². The van der Waals surface area contributed by atoms with Gasteiger partial charge in [0.15, 0.2) is 11.5 Å². The minimum Gasteiger partial charge on any atom is -0.493 e. The molecule has 0 aliphatic rings. The first-order valence-corrected chi connectivity index (χ1v) is 7.24. The van der Waals surface area contributed by atoms with Crippen LogP contribution < -0.4 is 14.9 Å². The van der Waals surface area contributed by atoms with Crippen LogP contribution in [0.5, 0.6) is 11.5 Å². The van der Waals surface area contributed by atoms with Crippen molar-refractivity contribution < 1.29 is 9.47 Å². The van der Waals surface area contributed by atoms with Gasteiger partial charge in [-0.1, -0.05) is 5.10 Å². The van der Waals surface area contributed by atoms with Gasteiger partial charge in [-0.3, -0.25) is 0 Å². The fourth-order valence-electron chi connectivity index (χ4n) is 1.54. The first-order valence-electron chi connectivity index (χ1n) is 6.17. The summed E-state index contributed by atoms with van der Waals surface area (Å²) in [4.78, 5) is 0. The van der Waals surface area contributed by atoms with E-state index in [9.17, 15) is 0 Å². The SMILES string of the molecule is COc1cc(C=NNc2nn[nH]n2)cc(I)c1OC(C)C. The molecule has 0 unspecified atom stereocenters. The number of hydrogen-bond acceptors (Lipinski definition) is 7. The molecule has 0 aliphatic carbocycles. The van der Waals surface area contributed by atoms with Gasteiger partial charge in [0, 0.05) is 0 Å². The lowest BCUT2D eigenvalue weighted by Crippen LogP contribution is -2.08. The van der Waals surface area contributed by atoms with Gasteiger partial charge in [0.25, 0.3) is 5.95 Å². The molecule has 0 radical (unpaired) electrons. The third kappa shape index (κ3) is 4.28. The smallest absolute Gasteiger partial charge is 0.283 e. The summed E-state index contributed by atoms with van der Waals surface area (Å²) >= 11 is 2.20. The first kappa shape index (κ1) is 15.5. The predicted octanol–water partition coefficient (Wildman–Crippen LogP) is 2.05. The average Bonchev–Trinajstić information content (AvgIpc) is 2.94. The summed E-state index contributed by atoms with van der Waals surface area (Å²) in [5.74, 6) is 1.70. The second-order valence-electron chi connectivity index (χ2n) is 4.31. The number of hydrogen-bond donors (Lipinski definition) is 2. The standard InChI is InChI=1S/C12H15IN6O2/c1-7(2)21-11-9(13)4-8(5-10(11)20-3)6-14-15-12-16-18-19-17-12/h4-7H,1-3H3,(H2,15,16,17,18,19). The monoisotopic (exact) mass is 402 g/mol. The molecule has 0 amide bonds. The largest absolute Gasteiger partial charge is 0.493 e. The minimum absolute atomic E-state index is 0.0758. The van der Waals surface area contributed by atoms with Crippen LogP contribution in [0.3, 0.4) is 0 Å². The zero-order chi connectivity index (χ0) is 15.2. The lowest BCUT2D eigenvalue weighted by molar-refractivity contribution is 0.228. The van der Waals surface area contributed by atoms with Crippen molar-refractivity contribution in [1.82, 2.24) is 20.6 Å². The average molecular weight is 402 g/mol. The van der Waals surface area contributed by atoms with Gasteiger partial charge >= 0.3 is 0 Å². The summed E-state index contributed by atoms with van der Waals surface area (Å²) in [7, 11) is 1.61. The molecule has 0 saturated heterocycles. The van der Waals surface area contributed by atoms with E-state index in [1.807, 2.05) is 26.0 Å². The Kier molecular flexibility index (Phi) is 5.31. The molecule has 1 heterocycles. The molecule has 0 spiro atoms. The molecule has 0 aliphatic heterocycles. The number of methoxy groups -OCH3 is 1. The molecule has 0 fully saturated rings. The molecule has 0 bridgehead atoms. The molecule has 2 aromatic rings. The van der Waals surface area contributed by atoms with E-state index in [0.29, 0.717) is 11.7 Å². The highest BCUT2D eigenvalue weighted by Gasteiger charge is 2.12. The molecular weight excluding hydrogens is 387 g/mol. The topological polar surface area (TPSA) is 97.3 Å². The number of aromatic amines is 1. The fourth-order valence-corrected chi connectivity index (χ4v) is 2.29. The second-order valence-corrected chi connectivity index (χ2v) is 5.47. The van der Waals surface area contributed by atoms with E-state index >= 15 is 0 Å². The summed E-state index contributed by atoms with van der Waals surface area (Å²) in [5, 5.41) is 17.2. The van der Waals surface area contributed by atoms with Gasteiger partial charge in [0.2, 0.25) is 0 Å². The Hall–Kier alpha value is -1.91. The molecule has 0 atom stereocenters. The van der Waals surface area contributed by atoms with Gasteiger partial charge in [0.1, 0.15) is 0 Å². The van der Waals surface area contributed by atoms with Crippen LogP contribution in [0.4, 0.5) is 5.95 Å². The van der Waals surface area contributed by atoms with Gasteiger partial charge < -0.3 is 9.47 Å². The minimum atomic E-state index is 0.0758. The van der Waals surface area contributed by atoms with Gasteiger partial charge in [-0.25, -0.2) is 5.43 Å². The number of nitrogens with zero attached hydrogens (tertiary/aromatic N) is 4. The van der Waals surface area contributed by atoms with E-state index in [-0.39, 0.29) is 6.10 Å². The van der Waals surface area contributed by atoms with Crippen molar-refractivity contribution in [2.75, 3.05) is 12.5 Å². The molecule has 2 N–H and O–H groups in total. The Morgan fingerprint density at radius 1 is 1.43 bits per heavy atom. The van der Waals surface area contributed by atoms with Gasteiger partial charge in [-0.05, 0) is 59.3 Å². The maximum absolute atomic E-state index is 5.76. The van der Waals surface area contributed by atoms with Gasteiger partial charge in [-0.2, -0.15) is 10.3 Å². The molecule has 9 heteroatoms. The number of nitrogens with one attached hydrogen (secondary N) is 2. The third-order valence-corrected chi connectivity index (χ3v) is 3.13. The number of hydrazone groups is 1. The third-order valence-electron chi connectivity index (χ3n) is 2.33. The fraction of sp³-hybridized carbons (Fsp3) is 0.333. The summed E-state index contributed by atoms with van der Waals surface area (Å²) in [6.07, 6.45) is 1.71. The molecule has 112 valence electrons. The summed E-state index contributed by atoms with van der Waals surface area (Å²) in [6, 6.07) is 3.80. The lowest BCUT2D eigenvalue weighted by atomic mass is 10.2. The number of halogens is 1. The quantitative estimate of drug-likeness (QED) is 0.436. The number of ether oxygens (including phenoxy) is 2. The predicted molar refractivity (Wildman–Crippen MR) is 86.9 cm³/mol. The Bertz CT molecular complexity index is 614. The van der Waals surface area contributed by atoms with Crippen LogP contribution in [-0.4, -0.2) is 40.1 Å². The molecule has 1 aromatic carbocycles. The van der Waals surface area contributed by atoms with E-state index in [4.69, 9.17) is 9.47 Å². The van der Waals surface area contributed by atoms with Crippen molar-refractivity contribution in [2.24, 2.45) is 5.10 Å². The van der Waals surface area contributed by atoms with Crippen molar-refractivity contribution in [3.8, 4) is 11.5 Å². The molecule has 8 nitrogen and oxygen atoms in total. The summed E-state index contributed by atoms with van der Waals surface area (Å²) < 4.78 is 12.1. The second kappa shape index (κ2) is 7.20. The van der Waals surface area contributed by atoms with Crippen LogP contribution in [-0.2, 0) is 0 Å². The highest BCUT2D eigenvalue weighted by Crippen LogP contribution is 2.34. The Morgan fingerprint density at radius 2 is 2.24 bits per heavy atom. The van der Waals surface area contributed by atoms with Crippen LogP contribution in [0, 0.1) is 3.57 Å². The van der Waals surface area contributed by atoms with Crippen LogP contribution in [0.2, 0.25) is 0 Å². The zero-order valence-electron chi connectivity index (χ0n) is 11.8. The molecule has 21 heavy (non-hydrogen) atoms. The molecule has 1 aromatic heterocycles. The van der Waals surface area contributed by atoms with Crippen LogP contribution in [0.25, 0.3) is 0 Å². The van der Waals surface area contributed by atoms with Crippen molar-refractivity contribution >= 4 is 34.8 Å². The van der Waals surface area contributed by atoms with Crippen molar-refractivity contribution in [2.45, 2.75) is 20.0 Å². The lowest BCUT2D eigenvalue weighted by Gasteiger charge is -2.15. The Balaban J connectivity index is 2.17. The number of benzene rings is 1. The number of anilines is 1. The number of H-pyrrole nitrogens is 1. The van der Waals surface area contributed by atoms with Crippen molar-refractivity contribution in [1.29, 1.82) is 0 Å². The normalized spacial score (nSPS) is 11.1. The van der Waals surface area contributed by atoms with Gasteiger partial charge in [-0.15, -0.1) is 5.10 Å².